The highest BCUT2D eigenvalue weighted by Crippen LogP contribution is 2.47. The van der Waals surface area contributed by atoms with E-state index >= 15 is 0 Å². The van der Waals surface area contributed by atoms with Crippen LogP contribution in [-0.2, 0) is 11.3 Å². The van der Waals surface area contributed by atoms with Crippen molar-refractivity contribution in [1.29, 1.82) is 5.26 Å². The van der Waals surface area contributed by atoms with Crippen LogP contribution in [0.4, 0.5) is 26.4 Å². The zero-order chi connectivity index (χ0) is 23.9. The minimum Gasteiger partial charge on any atom is -0.349 e. The van der Waals surface area contributed by atoms with Gasteiger partial charge in [-0.3, -0.25) is 4.98 Å². The average Bonchev–Trinajstić information content (AvgIpc) is 3.53. The van der Waals surface area contributed by atoms with Gasteiger partial charge in [-0.05, 0) is 57.9 Å². The molecule has 0 aliphatic heterocycles. The van der Waals surface area contributed by atoms with Crippen molar-refractivity contribution in [3.05, 3.63) is 47.9 Å². The Labute approximate surface area is 190 Å². The number of rotatable bonds is 6. The molecule has 33 heavy (non-hydrogen) atoms. The lowest BCUT2D eigenvalue weighted by atomic mass is 10.0. The van der Waals surface area contributed by atoms with E-state index in [4.69, 9.17) is 0 Å². The van der Waals surface area contributed by atoms with E-state index in [0.29, 0.717) is 11.4 Å². The van der Waals surface area contributed by atoms with E-state index in [1.54, 1.807) is 24.4 Å². The van der Waals surface area contributed by atoms with Crippen molar-refractivity contribution in [3.63, 3.8) is 0 Å². The van der Waals surface area contributed by atoms with Gasteiger partial charge in [-0.15, -0.1) is 0 Å². The van der Waals surface area contributed by atoms with Crippen molar-refractivity contribution >= 4 is 17.6 Å². The third-order valence-electron chi connectivity index (χ3n) is 5.02. The lowest BCUT2D eigenvalue weighted by molar-refractivity contribution is 0.0129. The average molecular weight is 450 g/mol. The molecule has 3 aromatic rings. The number of nitrogens with zero attached hydrogens (tertiary/aromatic N) is 6. The molecule has 10 heteroatoms. The van der Waals surface area contributed by atoms with Crippen LogP contribution in [0.25, 0.3) is 11.5 Å². The Hall–Kier alpha value is -3.74. The molecule has 2 N–H and O–H groups in total. The van der Waals surface area contributed by atoms with Gasteiger partial charge < -0.3 is 10.6 Å². The van der Waals surface area contributed by atoms with Gasteiger partial charge in [-0.25, -0.2) is 4.98 Å². The number of halogens is 2. The molecule has 170 valence electrons. The summed E-state index contributed by atoms with van der Waals surface area (Å²) in [4.78, 5) is 21.6. The second kappa shape index (κ2) is 7.99. The Balaban J connectivity index is 1.72. The number of pyridine rings is 2. The number of hydrogen-bond donors (Lipinski definition) is 2. The van der Waals surface area contributed by atoms with Crippen molar-refractivity contribution in [3.8, 4) is 17.6 Å². The molecule has 0 spiro atoms. The van der Waals surface area contributed by atoms with Gasteiger partial charge in [0.25, 0.3) is 5.92 Å². The maximum atomic E-state index is 13.8. The fraction of sp³-hybridized carbons (Fsp3) is 0.391. The minimum atomic E-state index is -3.09. The summed E-state index contributed by atoms with van der Waals surface area (Å²) in [6.45, 7) is 6.64. The van der Waals surface area contributed by atoms with Crippen LogP contribution in [0.3, 0.4) is 0 Å². The van der Waals surface area contributed by atoms with Crippen LogP contribution in [-0.4, -0.2) is 30.5 Å². The van der Waals surface area contributed by atoms with Crippen LogP contribution in [0.1, 0.15) is 51.9 Å². The van der Waals surface area contributed by atoms with Gasteiger partial charge in [-0.2, -0.15) is 29.0 Å². The Kier molecular flexibility index (Phi) is 5.44. The van der Waals surface area contributed by atoms with E-state index < -0.39 is 11.3 Å². The molecule has 1 saturated carbocycles. The van der Waals surface area contributed by atoms with Crippen LogP contribution in [0, 0.1) is 11.3 Å². The summed E-state index contributed by atoms with van der Waals surface area (Å²) in [7, 11) is 0. The summed E-state index contributed by atoms with van der Waals surface area (Å²) in [6, 6.07) is 10.2. The molecule has 0 amide bonds. The highest BCUT2D eigenvalue weighted by atomic mass is 19.3. The molecule has 8 nitrogen and oxygen atoms in total. The minimum absolute atomic E-state index is 0.148. The number of anilines is 3. The fourth-order valence-corrected chi connectivity index (χ4v) is 3.19. The summed E-state index contributed by atoms with van der Waals surface area (Å²) >= 11 is 0. The lowest BCUT2D eigenvalue weighted by Gasteiger charge is -2.21. The molecule has 0 radical (unpaired) electrons. The first-order chi connectivity index (χ1) is 15.5. The summed E-state index contributed by atoms with van der Waals surface area (Å²) < 4.78 is 27.6. The van der Waals surface area contributed by atoms with Crippen LogP contribution in [0.2, 0.25) is 0 Å². The zero-order valence-corrected chi connectivity index (χ0v) is 18.8. The molecule has 1 aliphatic carbocycles. The first-order valence-electron chi connectivity index (χ1n) is 10.5. The van der Waals surface area contributed by atoms with Crippen LogP contribution >= 0.6 is 0 Å². The second-order valence-corrected chi connectivity index (χ2v) is 9.23. The quantitative estimate of drug-likeness (QED) is 0.542. The van der Waals surface area contributed by atoms with Crippen molar-refractivity contribution in [2.75, 3.05) is 10.6 Å². The smallest absolute Gasteiger partial charge is 0.286 e. The Morgan fingerprint density at radius 3 is 2.36 bits per heavy atom. The topological polar surface area (TPSA) is 112 Å². The van der Waals surface area contributed by atoms with Gasteiger partial charge in [0.2, 0.25) is 11.9 Å². The molecular weight excluding hydrogens is 426 g/mol. The molecule has 1 aliphatic rings. The first-order valence-corrected chi connectivity index (χ1v) is 10.5. The fourth-order valence-electron chi connectivity index (χ4n) is 3.19. The van der Waals surface area contributed by atoms with Crippen LogP contribution in [0.5, 0.6) is 0 Å². The number of alkyl halides is 2. The highest BCUT2D eigenvalue weighted by Gasteiger charge is 2.46. The Bertz CT molecular complexity index is 1220. The van der Waals surface area contributed by atoms with Gasteiger partial charge in [0, 0.05) is 24.3 Å². The van der Waals surface area contributed by atoms with Gasteiger partial charge in [0.05, 0.1) is 17.2 Å². The second-order valence-electron chi connectivity index (χ2n) is 9.23. The number of nitriles is 1. The molecule has 0 aromatic carbocycles. The largest absolute Gasteiger partial charge is 0.349 e. The van der Waals surface area contributed by atoms with Crippen molar-refractivity contribution in [2.24, 2.45) is 0 Å². The predicted molar refractivity (Wildman–Crippen MR) is 120 cm³/mol. The molecule has 0 bridgehead atoms. The van der Waals surface area contributed by atoms with E-state index in [0.717, 1.165) is 19.8 Å². The van der Waals surface area contributed by atoms with E-state index in [1.165, 1.54) is 12.1 Å². The Morgan fingerprint density at radius 2 is 1.73 bits per heavy atom. The number of aromatic nitrogens is 5. The molecule has 1 fully saturated rings. The third-order valence-corrected chi connectivity index (χ3v) is 5.02. The highest BCUT2D eigenvalue weighted by molar-refractivity contribution is 5.60. The molecule has 0 saturated heterocycles. The molecule has 4 rings (SSSR count). The van der Waals surface area contributed by atoms with Crippen molar-refractivity contribution in [1.82, 2.24) is 24.9 Å². The summed E-state index contributed by atoms with van der Waals surface area (Å²) in [6.07, 6.45) is 3.18. The number of nitrogens with one attached hydrogen (secondary N) is 2. The van der Waals surface area contributed by atoms with Gasteiger partial charge in [-0.1, -0.05) is 6.07 Å². The Morgan fingerprint density at radius 1 is 1.00 bits per heavy atom. The normalized spacial score (nSPS) is 14.9. The van der Waals surface area contributed by atoms with Gasteiger partial charge in [0.1, 0.15) is 11.4 Å². The maximum absolute atomic E-state index is 13.8. The summed E-state index contributed by atoms with van der Waals surface area (Å²) in [5.41, 5.74) is 0.297. The first kappa shape index (κ1) is 22.5. The standard InChI is InChI=1S/C23H24F2N8/c1-21(2,3)33-20-31-18(15-6-5-7-16(29-15)22(4,24)25)30-19(32-20)28-14-8-11-27-17(12-14)23(13-26)9-10-23/h5-8,11-12H,9-10H2,1-4H3,(H2,27,28,30,31,32,33). The molecule has 3 aromatic heterocycles. The maximum Gasteiger partial charge on any atom is 0.286 e. The summed E-state index contributed by atoms with van der Waals surface area (Å²) in [5, 5.41) is 15.8. The van der Waals surface area contributed by atoms with E-state index in [2.05, 4.69) is 41.6 Å². The number of hydrogen-bond acceptors (Lipinski definition) is 8. The van der Waals surface area contributed by atoms with Gasteiger partial charge in [0.15, 0.2) is 5.82 Å². The van der Waals surface area contributed by atoms with Crippen molar-refractivity contribution in [2.45, 2.75) is 57.4 Å². The van der Waals surface area contributed by atoms with Gasteiger partial charge >= 0.3 is 0 Å². The zero-order valence-electron chi connectivity index (χ0n) is 18.8. The van der Waals surface area contributed by atoms with E-state index in [9.17, 15) is 14.0 Å². The molecule has 0 atom stereocenters. The van der Waals surface area contributed by atoms with Crippen molar-refractivity contribution < 1.29 is 8.78 Å². The van der Waals surface area contributed by atoms with E-state index in [-0.39, 0.29) is 34.6 Å². The third kappa shape index (κ3) is 5.19. The van der Waals surface area contributed by atoms with E-state index in [1.807, 2.05) is 20.8 Å². The molecule has 3 heterocycles. The van der Waals surface area contributed by atoms with Crippen LogP contribution < -0.4 is 10.6 Å². The predicted octanol–water partition coefficient (Wildman–Crippen LogP) is 4.95. The van der Waals surface area contributed by atoms with Crippen LogP contribution in [0.15, 0.2) is 36.5 Å². The molecule has 0 unspecified atom stereocenters. The SMILES string of the molecule is CC(C)(C)Nc1nc(Nc2ccnc(C3(C#N)CC3)c2)nc(-c2cccc(C(C)(F)F)n2)n1. The lowest BCUT2D eigenvalue weighted by Crippen LogP contribution is -2.27. The monoisotopic (exact) mass is 450 g/mol. The summed E-state index contributed by atoms with van der Waals surface area (Å²) in [5.74, 6) is -2.46. The molecular formula is C23H24F2N8.